The van der Waals surface area contributed by atoms with Gasteiger partial charge >= 0.3 is 5.97 Å². The molecule has 0 aliphatic rings. The van der Waals surface area contributed by atoms with Gasteiger partial charge < -0.3 is 10.1 Å². The smallest absolute Gasteiger partial charge is 0.334 e. The molecule has 0 unspecified atom stereocenters. The summed E-state index contributed by atoms with van der Waals surface area (Å²) in [6.07, 6.45) is 2.08. The molecule has 0 atom stereocenters. The maximum Gasteiger partial charge on any atom is 0.334 e. The van der Waals surface area contributed by atoms with Crippen LogP contribution in [-0.4, -0.2) is 25.7 Å². The van der Waals surface area contributed by atoms with E-state index in [1.54, 1.807) is 6.92 Å². The lowest BCUT2D eigenvalue weighted by Crippen LogP contribution is -2.23. The molecule has 0 heterocycles. The van der Waals surface area contributed by atoms with E-state index in [-0.39, 0.29) is 5.97 Å². The number of carbonyl (C=O) groups is 1. The van der Waals surface area contributed by atoms with Crippen molar-refractivity contribution in [1.29, 1.82) is 0 Å². The lowest BCUT2D eigenvalue weighted by Gasteiger charge is -2.07. The van der Waals surface area contributed by atoms with E-state index in [9.17, 15) is 4.79 Å². The number of nitrogens with one attached hydrogen (secondary N) is 1. The molecule has 1 rings (SSSR count). The van der Waals surface area contributed by atoms with Crippen molar-refractivity contribution in [1.82, 2.24) is 5.32 Å². The third-order valence-electron chi connectivity index (χ3n) is 2.56. The number of hydrogen-bond acceptors (Lipinski definition) is 3. The number of benzene rings is 1. The van der Waals surface area contributed by atoms with Gasteiger partial charge in [-0.3, -0.25) is 0 Å². The highest BCUT2D eigenvalue weighted by Crippen LogP contribution is 2.01. The van der Waals surface area contributed by atoms with Gasteiger partial charge in [-0.1, -0.05) is 36.9 Å². The van der Waals surface area contributed by atoms with Crippen LogP contribution in [0.2, 0.25) is 0 Å². The monoisotopic (exact) mass is 247 g/mol. The van der Waals surface area contributed by atoms with Gasteiger partial charge in [0.2, 0.25) is 0 Å². The summed E-state index contributed by atoms with van der Waals surface area (Å²) in [5, 5.41) is 3.19. The molecule has 3 nitrogen and oxygen atoms in total. The molecule has 0 radical (unpaired) electrons. The lowest BCUT2D eigenvalue weighted by atomic mass is 10.1. The fourth-order valence-electron chi connectivity index (χ4n) is 1.61. The van der Waals surface area contributed by atoms with E-state index < -0.39 is 0 Å². The average molecular weight is 247 g/mol. The predicted molar refractivity (Wildman–Crippen MR) is 73.4 cm³/mol. The molecule has 0 aliphatic carbocycles. The van der Waals surface area contributed by atoms with E-state index in [2.05, 4.69) is 24.0 Å². The molecule has 0 aromatic heterocycles. The van der Waals surface area contributed by atoms with Crippen LogP contribution < -0.4 is 5.32 Å². The van der Waals surface area contributed by atoms with Gasteiger partial charge in [0.15, 0.2) is 0 Å². The standard InChI is InChI=1S/C15H21NO2/c1-3-18-15(17)13(2)12-16-11-7-10-14-8-5-4-6-9-14/h4-6,8-9,16H,2-3,7,10-12H2,1H3. The van der Waals surface area contributed by atoms with Gasteiger partial charge in [-0.2, -0.15) is 0 Å². The highest BCUT2D eigenvalue weighted by Gasteiger charge is 2.06. The van der Waals surface area contributed by atoms with Crippen LogP contribution in [0.3, 0.4) is 0 Å². The van der Waals surface area contributed by atoms with Crippen molar-refractivity contribution < 1.29 is 9.53 Å². The molecule has 0 spiro atoms. The normalized spacial score (nSPS) is 10.1. The van der Waals surface area contributed by atoms with Gasteiger partial charge in [-0.25, -0.2) is 4.79 Å². The minimum absolute atomic E-state index is 0.312. The summed E-state index contributed by atoms with van der Waals surface area (Å²) in [7, 11) is 0. The SMILES string of the molecule is C=C(CNCCCc1ccccc1)C(=O)OCC. The van der Waals surface area contributed by atoms with Gasteiger partial charge in [0.05, 0.1) is 6.61 Å². The summed E-state index contributed by atoms with van der Waals surface area (Å²) >= 11 is 0. The van der Waals surface area contributed by atoms with Crippen LogP contribution in [0.4, 0.5) is 0 Å². The van der Waals surface area contributed by atoms with E-state index in [1.165, 1.54) is 5.56 Å². The van der Waals surface area contributed by atoms with Crippen molar-refractivity contribution in [2.75, 3.05) is 19.7 Å². The Labute approximate surface area is 109 Å². The lowest BCUT2D eigenvalue weighted by molar-refractivity contribution is -0.138. The van der Waals surface area contributed by atoms with Gasteiger partial charge in [-0.15, -0.1) is 0 Å². The van der Waals surface area contributed by atoms with Gasteiger partial charge in [-0.05, 0) is 31.9 Å². The Morgan fingerprint density at radius 2 is 2.06 bits per heavy atom. The highest BCUT2D eigenvalue weighted by atomic mass is 16.5. The maximum atomic E-state index is 11.3. The molecule has 1 N–H and O–H groups in total. The van der Waals surface area contributed by atoms with Crippen LogP contribution >= 0.6 is 0 Å². The molecular formula is C15H21NO2. The molecular weight excluding hydrogens is 226 g/mol. The van der Waals surface area contributed by atoms with Crippen molar-refractivity contribution >= 4 is 5.97 Å². The zero-order chi connectivity index (χ0) is 13.2. The van der Waals surface area contributed by atoms with Crippen molar-refractivity contribution in [2.24, 2.45) is 0 Å². The Morgan fingerprint density at radius 1 is 1.33 bits per heavy atom. The first-order valence-corrected chi connectivity index (χ1v) is 6.33. The summed E-state index contributed by atoms with van der Waals surface area (Å²) in [5.74, 6) is -0.312. The summed E-state index contributed by atoms with van der Waals surface area (Å²) in [4.78, 5) is 11.3. The second kappa shape index (κ2) is 8.48. The zero-order valence-electron chi connectivity index (χ0n) is 10.9. The van der Waals surface area contributed by atoms with Gasteiger partial charge in [0, 0.05) is 12.1 Å². The maximum absolute atomic E-state index is 11.3. The van der Waals surface area contributed by atoms with E-state index in [4.69, 9.17) is 4.74 Å². The van der Waals surface area contributed by atoms with Crippen LogP contribution in [0.15, 0.2) is 42.5 Å². The van der Waals surface area contributed by atoms with Crippen LogP contribution in [0.1, 0.15) is 18.9 Å². The Hall–Kier alpha value is -1.61. The molecule has 0 aliphatic heterocycles. The molecule has 98 valence electrons. The molecule has 18 heavy (non-hydrogen) atoms. The number of carbonyl (C=O) groups excluding carboxylic acids is 1. The van der Waals surface area contributed by atoms with Crippen LogP contribution in [0.5, 0.6) is 0 Å². The Kier molecular flexibility index (Phi) is 6.81. The van der Waals surface area contributed by atoms with Crippen LogP contribution in [-0.2, 0) is 16.0 Å². The number of hydrogen-bond donors (Lipinski definition) is 1. The summed E-state index contributed by atoms with van der Waals surface area (Å²) < 4.78 is 4.85. The van der Waals surface area contributed by atoms with Crippen LogP contribution in [0, 0.1) is 0 Å². The largest absolute Gasteiger partial charge is 0.463 e. The van der Waals surface area contributed by atoms with E-state index >= 15 is 0 Å². The molecule has 3 heteroatoms. The minimum atomic E-state index is -0.312. The van der Waals surface area contributed by atoms with Crippen molar-refractivity contribution in [2.45, 2.75) is 19.8 Å². The topological polar surface area (TPSA) is 38.3 Å². The van der Waals surface area contributed by atoms with E-state index in [0.29, 0.717) is 18.7 Å². The fraction of sp³-hybridized carbons (Fsp3) is 0.400. The van der Waals surface area contributed by atoms with Gasteiger partial charge in [0.1, 0.15) is 0 Å². The average Bonchev–Trinajstić information content (AvgIpc) is 2.39. The van der Waals surface area contributed by atoms with Crippen molar-refractivity contribution in [3.63, 3.8) is 0 Å². The first-order valence-electron chi connectivity index (χ1n) is 6.33. The summed E-state index contributed by atoms with van der Waals surface area (Å²) in [6.45, 7) is 7.24. The number of esters is 1. The Bertz CT molecular complexity index is 373. The molecule has 0 bridgehead atoms. The van der Waals surface area contributed by atoms with Crippen molar-refractivity contribution in [3.05, 3.63) is 48.0 Å². The second-order valence-electron chi connectivity index (χ2n) is 4.09. The van der Waals surface area contributed by atoms with Crippen molar-refractivity contribution in [3.8, 4) is 0 Å². The molecule has 1 aromatic rings. The quantitative estimate of drug-likeness (QED) is 0.435. The van der Waals surface area contributed by atoms with Crippen LogP contribution in [0.25, 0.3) is 0 Å². The van der Waals surface area contributed by atoms with E-state index in [1.807, 2.05) is 18.2 Å². The molecule has 0 saturated heterocycles. The number of aryl methyl sites for hydroxylation is 1. The number of rotatable bonds is 8. The second-order valence-corrected chi connectivity index (χ2v) is 4.09. The summed E-state index contributed by atoms with van der Waals surface area (Å²) in [6, 6.07) is 10.4. The van der Waals surface area contributed by atoms with Gasteiger partial charge in [0.25, 0.3) is 0 Å². The minimum Gasteiger partial charge on any atom is -0.463 e. The molecule has 0 amide bonds. The fourth-order valence-corrected chi connectivity index (χ4v) is 1.61. The first-order chi connectivity index (χ1) is 8.74. The molecule has 0 fully saturated rings. The predicted octanol–water partition coefficient (Wildman–Crippen LogP) is 2.33. The summed E-state index contributed by atoms with van der Waals surface area (Å²) in [5.41, 5.74) is 1.82. The molecule has 0 saturated carbocycles. The third kappa shape index (κ3) is 5.64. The molecule has 1 aromatic carbocycles. The zero-order valence-corrected chi connectivity index (χ0v) is 10.9. The first kappa shape index (κ1) is 14.5. The Balaban J connectivity index is 2.09. The number of ether oxygens (including phenoxy) is 1. The highest BCUT2D eigenvalue weighted by molar-refractivity contribution is 5.88. The van der Waals surface area contributed by atoms with E-state index in [0.717, 1.165) is 19.4 Å². The third-order valence-corrected chi connectivity index (χ3v) is 2.56. The Morgan fingerprint density at radius 3 is 2.72 bits per heavy atom.